The van der Waals surface area contributed by atoms with Gasteiger partial charge in [0.05, 0.1) is 12.7 Å². The lowest BCUT2D eigenvalue weighted by Crippen LogP contribution is -2.04. The Labute approximate surface area is 155 Å². The van der Waals surface area contributed by atoms with Crippen LogP contribution in [0.15, 0.2) is 36.7 Å². The zero-order valence-corrected chi connectivity index (χ0v) is 15.3. The van der Waals surface area contributed by atoms with Gasteiger partial charge in [-0.15, -0.1) is 10.2 Å². The lowest BCUT2D eigenvalue weighted by Gasteiger charge is -2.11. The molecule has 4 aromatic rings. The van der Waals surface area contributed by atoms with Crippen molar-refractivity contribution in [1.82, 2.24) is 29.4 Å². The number of aryl methyl sites for hydroxylation is 3. The van der Waals surface area contributed by atoms with E-state index < -0.39 is 0 Å². The van der Waals surface area contributed by atoms with Crippen LogP contribution in [0.1, 0.15) is 17.1 Å². The van der Waals surface area contributed by atoms with E-state index in [4.69, 9.17) is 4.74 Å². The van der Waals surface area contributed by atoms with E-state index in [0.29, 0.717) is 35.6 Å². The van der Waals surface area contributed by atoms with E-state index in [1.165, 1.54) is 6.07 Å². The topological polar surface area (TPSA) is 70.1 Å². The normalized spacial score (nSPS) is 11.3. The number of hydrogen-bond donors (Lipinski definition) is 0. The average Bonchev–Trinajstić information content (AvgIpc) is 3.27. The molecule has 1 aromatic carbocycles. The molecule has 0 saturated carbocycles. The Bertz CT molecular complexity index is 1120. The fourth-order valence-electron chi connectivity index (χ4n) is 3.31. The van der Waals surface area contributed by atoms with Crippen LogP contribution in [0.3, 0.4) is 0 Å². The summed E-state index contributed by atoms with van der Waals surface area (Å²) in [5.74, 6) is 1.72. The molecule has 8 heteroatoms. The van der Waals surface area contributed by atoms with Crippen LogP contribution >= 0.6 is 0 Å². The van der Waals surface area contributed by atoms with Gasteiger partial charge in [0.25, 0.3) is 0 Å². The van der Waals surface area contributed by atoms with Crippen molar-refractivity contribution in [2.24, 2.45) is 7.05 Å². The molecule has 0 aliphatic carbocycles. The molecule has 3 heterocycles. The zero-order chi connectivity index (χ0) is 19.0. The minimum Gasteiger partial charge on any atom is -0.496 e. The Hall–Kier alpha value is -3.29. The second-order valence-corrected chi connectivity index (χ2v) is 6.29. The predicted octanol–water partition coefficient (Wildman–Crippen LogP) is 2.77. The number of halogens is 1. The number of pyridine rings is 1. The van der Waals surface area contributed by atoms with Crippen molar-refractivity contribution in [2.45, 2.75) is 19.8 Å². The van der Waals surface area contributed by atoms with Crippen molar-refractivity contribution in [3.63, 3.8) is 0 Å². The zero-order valence-electron chi connectivity index (χ0n) is 15.3. The number of nitrogens with zero attached hydrogens (tertiary/aromatic N) is 6. The van der Waals surface area contributed by atoms with E-state index in [2.05, 4.69) is 20.3 Å². The van der Waals surface area contributed by atoms with E-state index in [0.717, 1.165) is 17.1 Å². The molecule has 4 rings (SSSR count). The smallest absolute Gasteiger partial charge is 0.171 e. The Kier molecular flexibility index (Phi) is 4.31. The molecule has 0 N–H and O–H groups in total. The van der Waals surface area contributed by atoms with Crippen LogP contribution in [0.5, 0.6) is 5.75 Å². The summed E-state index contributed by atoms with van der Waals surface area (Å²) in [5.41, 5.74) is 3.09. The SMILES string of the molecule is COc1cccc(F)c1CCc1ccc(-c2nc(C)nn2C)c2nncn12. The number of ether oxygens (including phenoxy) is 1. The third kappa shape index (κ3) is 3.03. The summed E-state index contributed by atoms with van der Waals surface area (Å²) in [6.45, 7) is 1.85. The second kappa shape index (κ2) is 6.79. The number of hydrogen-bond acceptors (Lipinski definition) is 5. The molecule has 27 heavy (non-hydrogen) atoms. The van der Waals surface area contributed by atoms with E-state index >= 15 is 0 Å². The first-order valence-corrected chi connectivity index (χ1v) is 8.59. The Morgan fingerprint density at radius 2 is 2.00 bits per heavy atom. The van der Waals surface area contributed by atoms with Gasteiger partial charge in [0.1, 0.15) is 23.7 Å². The molecular formula is C19H19FN6O. The molecule has 0 fully saturated rings. The molecule has 0 amide bonds. The fourth-order valence-corrected chi connectivity index (χ4v) is 3.31. The monoisotopic (exact) mass is 366 g/mol. The molecule has 3 aromatic heterocycles. The summed E-state index contributed by atoms with van der Waals surface area (Å²) >= 11 is 0. The van der Waals surface area contributed by atoms with Crippen LogP contribution in [0, 0.1) is 12.7 Å². The van der Waals surface area contributed by atoms with Gasteiger partial charge in [-0.2, -0.15) is 5.10 Å². The maximum Gasteiger partial charge on any atom is 0.171 e. The van der Waals surface area contributed by atoms with Crippen molar-refractivity contribution in [3.05, 3.63) is 59.6 Å². The van der Waals surface area contributed by atoms with Gasteiger partial charge in [0.2, 0.25) is 0 Å². The van der Waals surface area contributed by atoms with Gasteiger partial charge in [0.15, 0.2) is 11.5 Å². The quantitative estimate of drug-likeness (QED) is 0.543. The van der Waals surface area contributed by atoms with Gasteiger partial charge in [-0.3, -0.25) is 4.40 Å². The number of benzene rings is 1. The number of fused-ring (bicyclic) bond motifs is 1. The molecule has 0 atom stereocenters. The fraction of sp³-hybridized carbons (Fsp3) is 0.263. The number of rotatable bonds is 5. The maximum atomic E-state index is 14.2. The summed E-state index contributed by atoms with van der Waals surface area (Å²) in [6.07, 6.45) is 2.78. The van der Waals surface area contributed by atoms with E-state index in [9.17, 15) is 4.39 Å². The summed E-state index contributed by atoms with van der Waals surface area (Å²) in [6, 6.07) is 8.82. The van der Waals surface area contributed by atoms with Crippen LogP contribution < -0.4 is 4.74 Å². The van der Waals surface area contributed by atoms with E-state index in [1.54, 1.807) is 30.3 Å². The van der Waals surface area contributed by atoms with Crippen LogP contribution in [-0.4, -0.2) is 36.5 Å². The highest BCUT2D eigenvalue weighted by atomic mass is 19.1. The summed E-state index contributed by atoms with van der Waals surface area (Å²) in [5, 5.41) is 12.6. The number of aromatic nitrogens is 6. The van der Waals surface area contributed by atoms with Crippen LogP contribution in [0.2, 0.25) is 0 Å². The van der Waals surface area contributed by atoms with Gasteiger partial charge >= 0.3 is 0 Å². The molecule has 0 saturated heterocycles. The van der Waals surface area contributed by atoms with Crippen molar-refractivity contribution < 1.29 is 9.13 Å². The highest BCUT2D eigenvalue weighted by molar-refractivity contribution is 5.73. The Morgan fingerprint density at radius 3 is 2.74 bits per heavy atom. The maximum absolute atomic E-state index is 14.2. The van der Waals surface area contributed by atoms with Gasteiger partial charge < -0.3 is 4.74 Å². The van der Waals surface area contributed by atoms with Crippen molar-refractivity contribution in [3.8, 4) is 17.1 Å². The Morgan fingerprint density at radius 1 is 1.15 bits per heavy atom. The second-order valence-electron chi connectivity index (χ2n) is 6.29. The van der Waals surface area contributed by atoms with E-state index in [1.807, 2.05) is 30.5 Å². The van der Waals surface area contributed by atoms with Crippen LogP contribution in [0.4, 0.5) is 4.39 Å². The van der Waals surface area contributed by atoms with Gasteiger partial charge in [0, 0.05) is 18.3 Å². The summed E-state index contributed by atoms with van der Waals surface area (Å²) in [4.78, 5) is 4.47. The first-order valence-electron chi connectivity index (χ1n) is 8.59. The Balaban J connectivity index is 1.70. The van der Waals surface area contributed by atoms with Crippen LogP contribution in [-0.2, 0) is 19.9 Å². The highest BCUT2D eigenvalue weighted by Crippen LogP contribution is 2.25. The first-order chi connectivity index (χ1) is 13.1. The van der Waals surface area contributed by atoms with Crippen molar-refractivity contribution in [1.29, 1.82) is 0 Å². The van der Waals surface area contributed by atoms with Gasteiger partial charge in [-0.05, 0) is 44.0 Å². The first kappa shape index (κ1) is 17.1. The molecule has 0 aliphatic heterocycles. The van der Waals surface area contributed by atoms with Gasteiger partial charge in [-0.1, -0.05) is 6.07 Å². The summed E-state index contributed by atoms with van der Waals surface area (Å²) < 4.78 is 23.1. The van der Waals surface area contributed by atoms with Crippen LogP contribution in [0.25, 0.3) is 17.0 Å². The summed E-state index contributed by atoms with van der Waals surface area (Å²) in [7, 11) is 3.40. The third-order valence-corrected chi connectivity index (χ3v) is 4.58. The highest BCUT2D eigenvalue weighted by Gasteiger charge is 2.16. The largest absolute Gasteiger partial charge is 0.496 e. The molecule has 7 nitrogen and oxygen atoms in total. The average molecular weight is 366 g/mol. The van der Waals surface area contributed by atoms with E-state index in [-0.39, 0.29) is 5.82 Å². The molecule has 0 bridgehead atoms. The molecule has 0 radical (unpaired) electrons. The molecule has 0 aliphatic rings. The van der Waals surface area contributed by atoms with Gasteiger partial charge in [-0.25, -0.2) is 14.1 Å². The van der Waals surface area contributed by atoms with Crippen molar-refractivity contribution in [2.75, 3.05) is 7.11 Å². The lowest BCUT2D eigenvalue weighted by molar-refractivity contribution is 0.404. The standard InChI is InChI=1S/C19H19FN6O/c1-12-22-18(25(2)24-12)15-10-8-13(26-11-21-23-19(15)26)7-9-14-16(20)5-4-6-17(14)27-3/h4-6,8,10-11H,7,9H2,1-3H3. The molecule has 138 valence electrons. The third-order valence-electron chi connectivity index (χ3n) is 4.58. The lowest BCUT2D eigenvalue weighted by atomic mass is 10.1. The molecular weight excluding hydrogens is 347 g/mol. The van der Waals surface area contributed by atoms with Crippen molar-refractivity contribution >= 4 is 5.65 Å². The molecule has 0 spiro atoms. The molecule has 0 unspecified atom stereocenters. The number of methoxy groups -OCH3 is 1. The predicted molar refractivity (Wildman–Crippen MR) is 98.1 cm³/mol. The minimum absolute atomic E-state index is 0.263. The minimum atomic E-state index is -0.263.